The van der Waals surface area contributed by atoms with Crippen LogP contribution >= 0.6 is 50.1 Å². The van der Waals surface area contributed by atoms with Gasteiger partial charge < -0.3 is 4.90 Å². The first-order valence-corrected chi connectivity index (χ1v) is 8.27. The van der Waals surface area contributed by atoms with Gasteiger partial charge in [0.1, 0.15) is 0 Å². The van der Waals surface area contributed by atoms with E-state index in [0.29, 0.717) is 11.8 Å². The van der Waals surface area contributed by atoms with Crippen LogP contribution in [0.15, 0.2) is 22.7 Å². The Bertz CT molecular complexity index is 468. The van der Waals surface area contributed by atoms with E-state index in [-0.39, 0.29) is 11.9 Å². The van der Waals surface area contributed by atoms with Crippen molar-refractivity contribution in [2.24, 2.45) is 5.92 Å². The number of carbonyl (C=O) groups excluding carboxylic acids is 1. The fourth-order valence-corrected chi connectivity index (χ4v) is 3.71. The van der Waals surface area contributed by atoms with E-state index in [9.17, 15) is 4.79 Å². The van der Waals surface area contributed by atoms with Crippen molar-refractivity contribution in [2.75, 3.05) is 12.4 Å². The van der Waals surface area contributed by atoms with Gasteiger partial charge in [-0.25, -0.2) is 0 Å². The van der Waals surface area contributed by atoms with Gasteiger partial charge in [0.25, 0.3) is 5.91 Å². The van der Waals surface area contributed by atoms with Crippen LogP contribution in [0.1, 0.15) is 23.7 Å². The van der Waals surface area contributed by atoms with Crippen LogP contribution in [0, 0.1) is 9.49 Å². The molecule has 0 bridgehead atoms. The molecular formula is C13H14BrClINO. The van der Waals surface area contributed by atoms with Crippen molar-refractivity contribution < 1.29 is 4.79 Å². The van der Waals surface area contributed by atoms with Gasteiger partial charge in [0.05, 0.1) is 5.56 Å². The minimum absolute atomic E-state index is 0.0932. The van der Waals surface area contributed by atoms with Crippen LogP contribution in [0.3, 0.4) is 0 Å². The van der Waals surface area contributed by atoms with Gasteiger partial charge in [-0.1, -0.05) is 22.9 Å². The standard InChI is InChI=1S/C13H14BrClINO/c1-8-4-5-17(12(8)7-15)13(18)10-6-9(14)2-3-11(10)16/h2-3,6,8,12H,4-5,7H2,1H3. The summed E-state index contributed by atoms with van der Waals surface area (Å²) in [5.41, 5.74) is 0.759. The molecule has 2 rings (SSSR count). The molecular weight excluding hydrogens is 428 g/mol. The van der Waals surface area contributed by atoms with E-state index in [1.165, 1.54) is 0 Å². The highest BCUT2D eigenvalue weighted by Gasteiger charge is 2.34. The van der Waals surface area contributed by atoms with Gasteiger partial charge in [-0.2, -0.15) is 0 Å². The lowest BCUT2D eigenvalue weighted by molar-refractivity contribution is 0.0736. The van der Waals surface area contributed by atoms with E-state index in [1.54, 1.807) is 0 Å². The zero-order valence-electron chi connectivity index (χ0n) is 10.00. The molecule has 2 unspecified atom stereocenters. The lowest BCUT2D eigenvalue weighted by Crippen LogP contribution is -2.39. The third-order valence-corrected chi connectivity index (χ3v) is 5.21. The second kappa shape index (κ2) is 6.09. The van der Waals surface area contributed by atoms with Gasteiger partial charge in [0.2, 0.25) is 0 Å². The summed E-state index contributed by atoms with van der Waals surface area (Å²) in [6.45, 7) is 2.96. The highest BCUT2D eigenvalue weighted by Crippen LogP contribution is 2.28. The smallest absolute Gasteiger partial charge is 0.255 e. The number of benzene rings is 1. The molecule has 0 N–H and O–H groups in total. The van der Waals surface area contributed by atoms with Crippen molar-refractivity contribution in [1.29, 1.82) is 0 Å². The Morgan fingerprint density at radius 1 is 1.61 bits per heavy atom. The van der Waals surface area contributed by atoms with Gasteiger partial charge in [-0.15, -0.1) is 11.6 Å². The second-order valence-electron chi connectivity index (χ2n) is 4.61. The number of hydrogen-bond donors (Lipinski definition) is 0. The van der Waals surface area contributed by atoms with Crippen LogP contribution < -0.4 is 0 Å². The molecule has 0 saturated carbocycles. The van der Waals surface area contributed by atoms with Crippen molar-refractivity contribution >= 4 is 56.0 Å². The SMILES string of the molecule is CC1CCN(C(=O)c2cc(Br)ccc2I)C1CCl. The Labute approximate surface area is 134 Å². The summed E-state index contributed by atoms with van der Waals surface area (Å²) in [6, 6.07) is 5.95. The molecule has 2 nitrogen and oxygen atoms in total. The Hall–Kier alpha value is 0.190. The predicted molar refractivity (Wildman–Crippen MR) is 86.2 cm³/mol. The quantitative estimate of drug-likeness (QED) is 0.498. The molecule has 18 heavy (non-hydrogen) atoms. The maximum absolute atomic E-state index is 12.6. The Morgan fingerprint density at radius 2 is 2.33 bits per heavy atom. The average Bonchev–Trinajstić information content (AvgIpc) is 2.72. The fraction of sp³-hybridized carbons (Fsp3) is 0.462. The molecule has 5 heteroatoms. The summed E-state index contributed by atoms with van der Waals surface area (Å²) < 4.78 is 1.91. The summed E-state index contributed by atoms with van der Waals surface area (Å²) in [5, 5.41) is 0. The molecule has 1 aromatic rings. The first-order chi connectivity index (χ1) is 8.54. The molecule has 0 spiro atoms. The van der Waals surface area contributed by atoms with Crippen LogP contribution in [0.4, 0.5) is 0 Å². The number of nitrogens with zero attached hydrogens (tertiary/aromatic N) is 1. The molecule has 98 valence electrons. The molecule has 0 aromatic heterocycles. The van der Waals surface area contributed by atoms with E-state index in [1.807, 2.05) is 23.1 Å². The Balaban J connectivity index is 2.28. The predicted octanol–water partition coefficient (Wildman–Crippen LogP) is 4.14. The summed E-state index contributed by atoms with van der Waals surface area (Å²) in [4.78, 5) is 14.5. The number of hydrogen-bond acceptors (Lipinski definition) is 1. The highest BCUT2D eigenvalue weighted by molar-refractivity contribution is 14.1. The Morgan fingerprint density at radius 3 is 3.00 bits per heavy atom. The molecule has 1 aliphatic heterocycles. The van der Waals surface area contributed by atoms with Crippen molar-refractivity contribution in [3.05, 3.63) is 31.8 Å². The van der Waals surface area contributed by atoms with Crippen molar-refractivity contribution in [3.8, 4) is 0 Å². The highest BCUT2D eigenvalue weighted by atomic mass is 127. The van der Waals surface area contributed by atoms with E-state index >= 15 is 0 Å². The number of halogens is 3. The third-order valence-electron chi connectivity index (χ3n) is 3.46. The molecule has 1 saturated heterocycles. The zero-order valence-corrected chi connectivity index (χ0v) is 14.5. The van der Waals surface area contributed by atoms with E-state index in [2.05, 4.69) is 45.4 Å². The monoisotopic (exact) mass is 441 g/mol. The van der Waals surface area contributed by atoms with E-state index in [0.717, 1.165) is 26.6 Å². The minimum atomic E-state index is 0.0932. The van der Waals surface area contributed by atoms with Crippen LogP contribution in [-0.4, -0.2) is 29.3 Å². The number of likely N-dealkylation sites (tertiary alicyclic amines) is 1. The third kappa shape index (κ3) is 2.85. The first kappa shape index (κ1) is 14.6. The Kier molecular flexibility index (Phi) is 4.94. The second-order valence-corrected chi connectivity index (χ2v) is 7.00. The van der Waals surface area contributed by atoms with Crippen molar-refractivity contribution in [1.82, 2.24) is 4.90 Å². The van der Waals surface area contributed by atoms with Crippen LogP contribution in [0.25, 0.3) is 0 Å². The van der Waals surface area contributed by atoms with Crippen LogP contribution in [-0.2, 0) is 0 Å². The van der Waals surface area contributed by atoms with Crippen LogP contribution in [0.2, 0.25) is 0 Å². The van der Waals surface area contributed by atoms with Crippen molar-refractivity contribution in [3.63, 3.8) is 0 Å². The molecule has 0 aliphatic carbocycles. The lowest BCUT2D eigenvalue weighted by Gasteiger charge is -2.25. The topological polar surface area (TPSA) is 20.3 Å². The van der Waals surface area contributed by atoms with Gasteiger partial charge in [-0.05, 0) is 53.1 Å². The van der Waals surface area contributed by atoms with Crippen LogP contribution in [0.5, 0.6) is 0 Å². The minimum Gasteiger partial charge on any atom is -0.334 e. The summed E-state index contributed by atoms with van der Waals surface area (Å²) in [6.07, 6.45) is 1.04. The van der Waals surface area contributed by atoms with Gasteiger partial charge in [-0.3, -0.25) is 4.79 Å². The van der Waals surface area contributed by atoms with Gasteiger partial charge in [0.15, 0.2) is 0 Å². The maximum atomic E-state index is 12.6. The van der Waals surface area contributed by atoms with Crippen molar-refractivity contribution in [2.45, 2.75) is 19.4 Å². The molecule has 1 heterocycles. The van der Waals surface area contributed by atoms with Gasteiger partial charge in [0, 0.05) is 26.5 Å². The maximum Gasteiger partial charge on any atom is 0.255 e. The lowest BCUT2D eigenvalue weighted by atomic mass is 10.0. The molecule has 1 aromatic carbocycles. The first-order valence-electron chi connectivity index (χ1n) is 5.86. The number of carbonyl (C=O) groups is 1. The summed E-state index contributed by atoms with van der Waals surface area (Å²) in [7, 11) is 0. The summed E-state index contributed by atoms with van der Waals surface area (Å²) >= 11 is 11.6. The molecule has 1 aliphatic rings. The van der Waals surface area contributed by atoms with E-state index in [4.69, 9.17) is 11.6 Å². The molecule has 0 radical (unpaired) electrons. The van der Waals surface area contributed by atoms with Gasteiger partial charge >= 0.3 is 0 Å². The number of alkyl halides is 1. The summed E-state index contributed by atoms with van der Waals surface area (Å²) in [5.74, 6) is 1.09. The average molecular weight is 443 g/mol. The zero-order chi connectivity index (χ0) is 13.3. The molecule has 1 fully saturated rings. The number of amides is 1. The largest absolute Gasteiger partial charge is 0.334 e. The normalized spacial score (nSPS) is 23.4. The number of rotatable bonds is 2. The van der Waals surface area contributed by atoms with E-state index < -0.39 is 0 Å². The molecule has 1 amide bonds. The fourth-order valence-electron chi connectivity index (χ4n) is 2.31. The molecule has 2 atom stereocenters.